The van der Waals surface area contributed by atoms with Gasteiger partial charge in [0, 0.05) is 36.3 Å². The molecule has 0 aromatic heterocycles. The van der Waals surface area contributed by atoms with E-state index in [1.807, 2.05) is 26.8 Å². The van der Waals surface area contributed by atoms with Crippen LogP contribution in [0.1, 0.15) is 74.1 Å². The zero-order valence-electron chi connectivity index (χ0n) is 21.2. The first kappa shape index (κ1) is 24.7. The molecular formula is C27H36O7. The predicted octanol–water partition coefficient (Wildman–Crippen LogP) is 4.35. The fraction of sp³-hybridized carbons (Fsp3) is 0.667. The number of hydrogen-bond acceptors (Lipinski definition) is 7. The van der Waals surface area contributed by atoms with Crippen LogP contribution in [0.5, 0.6) is 0 Å². The Balaban J connectivity index is 1.85. The van der Waals surface area contributed by atoms with Gasteiger partial charge in [-0.25, -0.2) is 9.59 Å². The van der Waals surface area contributed by atoms with Crippen molar-refractivity contribution in [1.29, 1.82) is 0 Å². The van der Waals surface area contributed by atoms with Gasteiger partial charge in [-0.05, 0) is 65.5 Å². The highest BCUT2D eigenvalue weighted by molar-refractivity contribution is 5.92. The molecule has 186 valence electrons. The molecule has 0 radical (unpaired) electrons. The summed E-state index contributed by atoms with van der Waals surface area (Å²) in [5.41, 5.74) is 2.27. The van der Waals surface area contributed by atoms with Crippen molar-refractivity contribution in [2.75, 3.05) is 0 Å². The van der Waals surface area contributed by atoms with Gasteiger partial charge in [-0.15, -0.1) is 0 Å². The van der Waals surface area contributed by atoms with E-state index in [-0.39, 0.29) is 24.0 Å². The Hall–Kier alpha value is -2.41. The van der Waals surface area contributed by atoms with Gasteiger partial charge in [-0.2, -0.15) is 0 Å². The molecule has 4 rings (SSSR count). The number of hydrogen-bond donors (Lipinski definition) is 0. The van der Waals surface area contributed by atoms with Crippen molar-refractivity contribution >= 4 is 17.9 Å². The van der Waals surface area contributed by atoms with Crippen LogP contribution in [-0.4, -0.2) is 47.9 Å². The highest BCUT2D eigenvalue weighted by Crippen LogP contribution is 2.63. The monoisotopic (exact) mass is 472 g/mol. The summed E-state index contributed by atoms with van der Waals surface area (Å²) in [5, 5.41) is 0. The highest BCUT2D eigenvalue weighted by Gasteiger charge is 2.71. The van der Waals surface area contributed by atoms with Crippen LogP contribution in [0.25, 0.3) is 0 Å². The zero-order valence-corrected chi connectivity index (χ0v) is 21.2. The van der Waals surface area contributed by atoms with E-state index in [1.54, 1.807) is 6.92 Å². The van der Waals surface area contributed by atoms with E-state index in [4.69, 9.17) is 18.9 Å². The average Bonchev–Trinajstić information content (AvgIpc) is 3.31. The third-order valence-electron chi connectivity index (χ3n) is 8.24. The maximum Gasteiger partial charge on any atom is 0.334 e. The lowest BCUT2D eigenvalue weighted by atomic mass is 9.56. The second kappa shape index (κ2) is 8.67. The van der Waals surface area contributed by atoms with Gasteiger partial charge in [-0.1, -0.05) is 18.1 Å². The molecule has 0 amide bonds. The van der Waals surface area contributed by atoms with Gasteiger partial charge in [0.2, 0.25) is 0 Å². The Kier molecular flexibility index (Phi) is 6.30. The molecule has 7 atom stereocenters. The predicted molar refractivity (Wildman–Crippen MR) is 125 cm³/mol. The number of allylic oxidation sites excluding steroid dienone is 2. The number of esters is 3. The number of carbonyl (C=O) groups is 3. The summed E-state index contributed by atoms with van der Waals surface area (Å²) in [6.07, 6.45) is 4.34. The van der Waals surface area contributed by atoms with Gasteiger partial charge in [0.05, 0.1) is 11.7 Å². The van der Waals surface area contributed by atoms with E-state index in [0.29, 0.717) is 31.3 Å². The van der Waals surface area contributed by atoms with Gasteiger partial charge < -0.3 is 18.9 Å². The van der Waals surface area contributed by atoms with Crippen LogP contribution in [0.4, 0.5) is 0 Å². The van der Waals surface area contributed by atoms with Crippen molar-refractivity contribution in [2.24, 2.45) is 11.3 Å². The third-order valence-corrected chi connectivity index (χ3v) is 8.24. The number of fused-ring (bicyclic) bond motifs is 4. The SMILES string of the molecule is CC(=O)O[C@H]1C[C@@H]2O[C@]2(C)[C@@H]2CC3=C(C)C(=O)O[C@H]3/C=C(/C)CC[C@H](OC(=O)C=C(C)C)[C@@]12C. The maximum atomic E-state index is 12.8. The quantitative estimate of drug-likeness (QED) is 0.198. The maximum absolute atomic E-state index is 12.8. The summed E-state index contributed by atoms with van der Waals surface area (Å²) in [7, 11) is 0. The minimum Gasteiger partial charge on any atom is -0.462 e. The number of epoxide rings is 1. The molecule has 0 spiro atoms. The van der Waals surface area contributed by atoms with E-state index >= 15 is 0 Å². The second-order valence-electron chi connectivity index (χ2n) is 10.9. The lowest BCUT2D eigenvalue weighted by Crippen LogP contribution is -2.59. The molecule has 34 heavy (non-hydrogen) atoms. The lowest BCUT2D eigenvalue weighted by Gasteiger charge is -2.51. The molecule has 2 aliphatic carbocycles. The summed E-state index contributed by atoms with van der Waals surface area (Å²) >= 11 is 0. The van der Waals surface area contributed by atoms with Gasteiger partial charge in [0.25, 0.3) is 0 Å². The summed E-state index contributed by atoms with van der Waals surface area (Å²) in [5.74, 6) is -1.23. The molecule has 0 N–H and O–H groups in total. The Labute approximate surface area is 201 Å². The van der Waals surface area contributed by atoms with E-state index in [2.05, 4.69) is 13.8 Å². The van der Waals surface area contributed by atoms with Crippen molar-refractivity contribution in [1.82, 2.24) is 0 Å². The van der Waals surface area contributed by atoms with Gasteiger partial charge in [0.15, 0.2) is 0 Å². The molecule has 7 nitrogen and oxygen atoms in total. The largest absolute Gasteiger partial charge is 0.462 e. The average molecular weight is 473 g/mol. The van der Waals surface area contributed by atoms with E-state index in [0.717, 1.165) is 16.7 Å². The number of ether oxygens (including phenoxy) is 4. The molecule has 2 aliphatic heterocycles. The summed E-state index contributed by atoms with van der Waals surface area (Å²) < 4.78 is 23.9. The van der Waals surface area contributed by atoms with Crippen LogP contribution in [0.2, 0.25) is 0 Å². The van der Waals surface area contributed by atoms with Gasteiger partial charge in [-0.3, -0.25) is 4.79 Å². The third kappa shape index (κ3) is 4.23. The Bertz CT molecular complexity index is 1000. The van der Waals surface area contributed by atoms with Crippen LogP contribution >= 0.6 is 0 Å². The Morgan fingerprint density at radius 2 is 1.82 bits per heavy atom. The van der Waals surface area contributed by atoms with E-state index < -0.39 is 35.3 Å². The highest BCUT2D eigenvalue weighted by atomic mass is 16.6. The smallest absolute Gasteiger partial charge is 0.334 e. The zero-order chi connectivity index (χ0) is 25.0. The van der Waals surface area contributed by atoms with Crippen molar-refractivity contribution in [3.63, 3.8) is 0 Å². The van der Waals surface area contributed by atoms with Crippen LogP contribution in [0.15, 0.2) is 34.4 Å². The number of rotatable bonds is 3. The molecule has 4 aliphatic rings. The molecule has 0 aromatic carbocycles. The number of carbonyl (C=O) groups excluding carboxylic acids is 3. The fourth-order valence-corrected chi connectivity index (χ4v) is 6.23. The van der Waals surface area contributed by atoms with Crippen LogP contribution in [-0.2, 0) is 33.3 Å². The van der Waals surface area contributed by atoms with Crippen molar-refractivity contribution in [3.05, 3.63) is 34.4 Å². The fourth-order valence-electron chi connectivity index (χ4n) is 6.23. The Morgan fingerprint density at radius 3 is 2.47 bits per heavy atom. The summed E-state index contributed by atoms with van der Waals surface area (Å²) in [6.45, 7) is 13.0. The van der Waals surface area contributed by atoms with Gasteiger partial charge in [0.1, 0.15) is 18.3 Å². The summed E-state index contributed by atoms with van der Waals surface area (Å²) in [4.78, 5) is 37.5. The standard InChI is InChI=1S/C27H36O7/c1-14(2)10-24(29)33-21-9-8-15(3)11-19-18(16(4)25(30)32-19)12-20-26(21,6)22(31-17(5)28)13-23-27(20,7)34-23/h10-11,19-23H,8-9,12-13H2,1-7H3/b15-11-/t19-,20+,21-,22-,23-,26-,27+/m0/s1. The minimum absolute atomic E-state index is 0.0540. The molecule has 7 heteroatoms. The van der Waals surface area contributed by atoms with Crippen molar-refractivity contribution < 1.29 is 33.3 Å². The van der Waals surface area contributed by atoms with Crippen molar-refractivity contribution in [2.45, 2.75) is 104 Å². The topological polar surface area (TPSA) is 91.4 Å². The van der Waals surface area contributed by atoms with Gasteiger partial charge >= 0.3 is 17.9 Å². The Morgan fingerprint density at radius 1 is 1.12 bits per heavy atom. The first-order chi connectivity index (χ1) is 15.9. The molecule has 0 bridgehead atoms. The minimum atomic E-state index is -0.723. The van der Waals surface area contributed by atoms with E-state index in [9.17, 15) is 14.4 Å². The molecule has 1 saturated heterocycles. The summed E-state index contributed by atoms with van der Waals surface area (Å²) in [6, 6.07) is 0. The van der Waals surface area contributed by atoms with Crippen LogP contribution in [0.3, 0.4) is 0 Å². The molecule has 0 aromatic rings. The lowest BCUT2D eigenvalue weighted by molar-refractivity contribution is -0.186. The molecular weight excluding hydrogens is 436 g/mol. The van der Waals surface area contributed by atoms with Crippen LogP contribution < -0.4 is 0 Å². The molecule has 1 saturated carbocycles. The second-order valence-corrected chi connectivity index (χ2v) is 10.9. The first-order valence-electron chi connectivity index (χ1n) is 12.1. The molecule has 2 heterocycles. The molecule has 0 unspecified atom stereocenters. The molecule has 2 fully saturated rings. The first-order valence-corrected chi connectivity index (χ1v) is 12.1. The van der Waals surface area contributed by atoms with Crippen LogP contribution in [0, 0.1) is 11.3 Å². The van der Waals surface area contributed by atoms with E-state index in [1.165, 1.54) is 13.0 Å². The van der Waals surface area contributed by atoms with Crippen molar-refractivity contribution in [3.8, 4) is 0 Å². The normalized spacial score (nSPS) is 40.5.